The molecule has 4 nitrogen and oxygen atoms in total. The number of rotatable bonds is 2. The molecule has 1 heterocycles. The molecule has 0 aliphatic heterocycles. The van der Waals surface area contributed by atoms with E-state index in [4.69, 9.17) is 0 Å². The van der Waals surface area contributed by atoms with Crippen molar-refractivity contribution in [3.63, 3.8) is 0 Å². The van der Waals surface area contributed by atoms with Gasteiger partial charge < -0.3 is 5.32 Å². The highest BCUT2D eigenvalue weighted by atomic mass is 16.1. The van der Waals surface area contributed by atoms with Crippen molar-refractivity contribution in [2.24, 2.45) is 7.05 Å². The lowest BCUT2D eigenvalue weighted by atomic mass is 9.79. The molecule has 4 heteroatoms. The van der Waals surface area contributed by atoms with Gasteiger partial charge >= 0.3 is 0 Å². The summed E-state index contributed by atoms with van der Waals surface area (Å²) in [5.74, 6) is 0.675. The van der Waals surface area contributed by atoms with Crippen LogP contribution in [0.2, 0.25) is 0 Å². The fraction of sp³-hybridized carbons (Fsp3) is 0.529. The zero-order chi connectivity index (χ0) is 15.6. The minimum absolute atomic E-state index is 0.0131. The number of aromatic nitrogens is 2. The van der Waals surface area contributed by atoms with Crippen LogP contribution in [0.4, 0.5) is 5.95 Å². The van der Waals surface area contributed by atoms with Gasteiger partial charge in [0.15, 0.2) is 0 Å². The first-order valence-corrected chi connectivity index (χ1v) is 7.75. The summed E-state index contributed by atoms with van der Waals surface area (Å²) in [7, 11) is 1.78. The fourth-order valence-corrected chi connectivity index (χ4v) is 2.65. The topological polar surface area (TPSA) is 46.9 Å². The molecule has 1 aromatic heterocycles. The van der Waals surface area contributed by atoms with Crippen LogP contribution in [0.3, 0.4) is 0 Å². The van der Waals surface area contributed by atoms with Gasteiger partial charge in [-0.2, -0.15) is 0 Å². The Morgan fingerprint density at radius 1 is 1.29 bits per heavy atom. The summed E-state index contributed by atoms with van der Waals surface area (Å²) in [6.07, 6.45) is 3.51. The van der Waals surface area contributed by atoms with Gasteiger partial charge in [-0.1, -0.05) is 26.0 Å². The first kappa shape index (κ1) is 15.5. The minimum atomic E-state index is 0.0131. The molecule has 21 heavy (non-hydrogen) atoms. The predicted molar refractivity (Wildman–Crippen MR) is 88.9 cm³/mol. The third-order valence-electron chi connectivity index (χ3n) is 4.18. The molecule has 1 saturated carbocycles. The number of hydrogen-bond donors (Lipinski definition) is 1. The largest absolute Gasteiger partial charge is 0.350 e. The summed E-state index contributed by atoms with van der Waals surface area (Å²) in [5.41, 5.74) is 1.94. The van der Waals surface area contributed by atoms with Gasteiger partial charge in [0.25, 0.3) is 5.56 Å². The van der Waals surface area contributed by atoms with E-state index in [-0.39, 0.29) is 11.1 Å². The highest BCUT2D eigenvalue weighted by Gasteiger charge is 2.32. The second-order valence-electron chi connectivity index (χ2n) is 5.81. The molecular formula is C17H25N3O. The maximum Gasteiger partial charge on any atom is 0.262 e. The van der Waals surface area contributed by atoms with Crippen LogP contribution in [0.15, 0.2) is 23.0 Å². The van der Waals surface area contributed by atoms with E-state index in [1.807, 2.05) is 39.0 Å². The summed E-state index contributed by atoms with van der Waals surface area (Å²) in [6, 6.07) is 5.73. The molecule has 1 fully saturated rings. The predicted octanol–water partition coefficient (Wildman–Crippen LogP) is 3.62. The molecule has 0 unspecified atom stereocenters. The van der Waals surface area contributed by atoms with Crippen LogP contribution >= 0.6 is 0 Å². The summed E-state index contributed by atoms with van der Waals surface area (Å²) in [5, 5.41) is 4.12. The van der Waals surface area contributed by atoms with Crippen LogP contribution in [0.5, 0.6) is 0 Å². The second kappa shape index (κ2) is 5.88. The standard InChI is InChI=1S/C15H19N3O.C2H6/c1-10-6-4-7-11-12(10)16-14(18(3)13(11)19)17-15(2)8-5-9-15;1-2/h4,6-7H,5,8-9H2,1-3H3,(H,16,17);1-2H3. The Hall–Kier alpha value is -1.84. The number of fused-ring (bicyclic) bond motifs is 1. The molecule has 2 aromatic rings. The Bertz CT molecular complexity index is 699. The molecule has 1 aliphatic carbocycles. The van der Waals surface area contributed by atoms with Gasteiger partial charge in [0.2, 0.25) is 5.95 Å². The van der Waals surface area contributed by atoms with Gasteiger partial charge in [0.1, 0.15) is 0 Å². The van der Waals surface area contributed by atoms with Gasteiger partial charge in [0, 0.05) is 12.6 Å². The maximum absolute atomic E-state index is 12.4. The van der Waals surface area contributed by atoms with Gasteiger partial charge in [-0.3, -0.25) is 9.36 Å². The Labute approximate surface area is 126 Å². The van der Waals surface area contributed by atoms with Gasteiger partial charge in [-0.15, -0.1) is 0 Å². The van der Waals surface area contributed by atoms with Crippen molar-refractivity contribution < 1.29 is 0 Å². The molecule has 1 aromatic carbocycles. The van der Waals surface area contributed by atoms with Crippen LogP contribution in [-0.4, -0.2) is 15.1 Å². The molecule has 114 valence electrons. The summed E-state index contributed by atoms with van der Waals surface area (Å²) < 4.78 is 1.62. The van der Waals surface area contributed by atoms with Crippen LogP contribution in [-0.2, 0) is 7.05 Å². The zero-order valence-electron chi connectivity index (χ0n) is 13.7. The molecule has 0 spiro atoms. The Kier molecular flexibility index (Phi) is 4.35. The molecule has 0 amide bonds. The lowest BCUT2D eigenvalue weighted by Gasteiger charge is -2.39. The van der Waals surface area contributed by atoms with Crippen LogP contribution in [0, 0.1) is 6.92 Å². The number of hydrogen-bond acceptors (Lipinski definition) is 3. The number of nitrogens with zero attached hydrogens (tertiary/aromatic N) is 2. The van der Waals surface area contributed by atoms with Crippen molar-refractivity contribution in [1.82, 2.24) is 9.55 Å². The number of anilines is 1. The lowest BCUT2D eigenvalue weighted by Crippen LogP contribution is -2.43. The second-order valence-corrected chi connectivity index (χ2v) is 5.81. The highest BCUT2D eigenvalue weighted by molar-refractivity contribution is 5.81. The fourth-order valence-electron chi connectivity index (χ4n) is 2.65. The smallest absolute Gasteiger partial charge is 0.262 e. The first-order valence-electron chi connectivity index (χ1n) is 7.75. The molecule has 0 saturated heterocycles. The monoisotopic (exact) mass is 287 g/mol. The van der Waals surface area contributed by atoms with E-state index in [1.54, 1.807) is 11.6 Å². The number of aryl methyl sites for hydroxylation is 1. The van der Waals surface area contributed by atoms with Crippen molar-refractivity contribution in [1.29, 1.82) is 0 Å². The van der Waals surface area contributed by atoms with Gasteiger partial charge in [0.05, 0.1) is 10.9 Å². The Morgan fingerprint density at radius 3 is 2.52 bits per heavy atom. The summed E-state index contributed by atoms with van der Waals surface area (Å²) in [6.45, 7) is 8.17. The maximum atomic E-state index is 12.4. The van der Waals surface area contributed by atoms with Crippen molar-refractivity contribution in [3.8, 4) is 0 Å². The van der Waals surface area contributed by atoms with Crippen molar-refractivity contribution in [3.05, 3.63) is 34.1 Å². The Balaban J connectivity index is 0.000000774. The van der Waals surface area contributed by atoms with E-state index in [1.165, 1.54) is 6.42 Å². The minimum Gasteiger partial charge on any atom is -0.350 e. The quantitative estimate of drug-likeness (QED) is 0.917. The van der Waals surface area contributed by atoms with E-state index in [9.17, 15) is 4.79 Å². The number of benzene rings is 1. The average Bonchev–Trinajstić information content (AvgIpc) is 2.46. The molecule has 0 atom stereocenters. The number of para-hydroxylation sites is 1. The van der Waals surface area contributed by atoms with E-state index >= 15 is 0 Å². The summed E-state index contributed by atoms with van der Waals surface area (Å²) in [4.78, 5) is 17.0. The molecule has 3 rings (SSSR count). The SMILES string of the molecule is CC.Cc1cccc2c(=O)n(C)c(NC3(C)CCC3)nc12. The molecule has 1 N–H and O–H groups in total. The molecule has 0 radical (unpaired) electrons. The van der Waals surface area contributed by atoms with Crippen molar-refractivity contribution >= 4 is 16.9 Å². The van der Waals surface area contributed by atoms with E-state index < -0.39 is 0 Å². The van der Waals surface area contributed by atoms with Crippen LogP contribution in [0.25, 0.3) is 10.9 Å². The third kappa shape index (κ3) is 2.80. The van der Waals surface area contributed by atoms with Crippen LogP contribution < -0.4 is 10.9 Å². The average molecular weight is 287 g/mol. The molecule has 0 bridgehead atoms. The normalized spacial score (nSPS) is 15.9. The van der Waals surface area contributed by atoms with Gasteiger partial charge in [-0.25, -0.2) is 4.98 Å². The lowest BCUT2D eigenvalue weighted by molar-refractivity contribution is 0.303. The summed E-state index contributed by atoms with van der Waals surface area (Å²) >= 11 is 0. The molecule has 1 aliphatic rings. The van der Waals surface area contributed by atoms with E-state index in [0.29, 0.717) is 11.3 Å². The first-order chi connectivity index (χ1) is 10.0. The zero-order valence-corrected chi connectivity index (χ0v) is 13.7. The van der Waals surface area contributed by atoms with Crippen LogP contribution in [0.1, 0.15) is 45.6 Å². The highest BCUT2D eigenvalue weighted by Crippen LogP contribution is 2.34. The van der Waals surface area contributed by atoms with Gasteiger partial charge in [-0.05, 0) is 44.7 Å². The van der Waals surface area contributed by atoms with E-state index in [0.717, 1.165) is 23.9 Å². The third-order valence-corrected chi connectivity index (χ3v) is 4.18. The molecular weight excluding hydrogens is 262 g/mol. The van der Waals surface area contributed by atoms with E-state index in [2.05, 4.69) is 17.2 Å². The van der Waals surface area contributed by atoms with Crippen molar-refractivity contribution in [2.45, 2.75) is 52.5 Å². The van der Waals surface area contributed by atoms with Crippen molar-refractivity contribution in [2.75, 3.05) is 5.32 Å². The number of nitrogens with one attached hydrogen (secondary N) is 1. The Morgan fingerprint density at radius 2 is 1.95 bits per heavy atom.